The number of ether oxygens (including phenoxy) is 2. The van der Waals surface area contributed by atoms with Gasteiger partial charge in [0.2, 0.25) is 0 Å². The first-order chi connectivity index (χ1) is 9.71. The maximum Gasteiger partial charge on any atom is 0.145 e. The summed E-state index contributed by atoms with van der Waals surface area (Å²) in [5.74, 6) is 0. The minimum atomic E-state index is 0.402. The van der Waals surface area contributed by atoms with Gasteiger partial charge in [0, 0.05) is 19.7 Å². The molecule has 2 saturated heterocycles. The van der Waals surface area contributed by atoms with Crippen molar-refractivity contribution < 1.29 is 13.9 Å². The highest BCUT2D eigenvalue weighted by atomic mass is 28.2. The molecule has 2 aliphatic heterocycles. The van der Waals surface area contributed by atoms with Crippen molar-refractivity contribution in [3.05, 3.63) is 0 Å². The van der Waals surface area contributed by atoms with Gasteiger partial charge in [-0.1, -0.05) is 13.8 Å². The van der Waals surface area contributed by atoms with E-state index in [4.69, 9.17) is 13.9 Å². The Morgan fingerprint density at radius 2 is 1.70 bits per heavy atom. The van der Waals surface area contributed by atoms with Crippen LogP contribution in [0, 0.1) is 5.41 Å². The first-order valence-electron chi connectivity index (χ1n) is 8.16. The van der Waals surface area contributed by atoms with E-state index in [1.165, 1.54) is 32.2 Å². The molecule has 2 heterocycles. The molecule has 0 aromatic carbocycles. The Kier molecular flexibility index (Phi) is 6.48. The van der Waals surface area contributed by atoms with Gasteiger partial charge in [0.15, 0.2) is 0 Å². The van der Waals surface area contributed by atoms with Crippen molar-refractivity contribution in [1.82, 2.24) is 4.90 Å². The highest BCUT2D eigenvalue weighted by Crippen LogP contribution is 2.32. The van der Waals surface area contributed by atoms with Crippen LogP contribution in [-0.4, -0.2) is 67.0 Å². The fraction of sp³-hybridized carbons (Fsp3) is 1.00. The molecule has 0 aromatic rings. The molecule has 5 heteroatoms. The van der Waals surface area contributed by atoms with Gasteiger partial charge in [-0.25, -0.2) is 0 Å². The van der Waals surface area contributed by atoms with Crippen LogP contribution in [-0.2, 0) is 13.9 Å². The second-order valence-corrected chi connectivity index (χ2v) is 6.99. The van der Waals surface area contributed by atoms with Crippen LogP contribution in [0.15, 0.2) is 0 Å². The summed E-state index contributed by atoms with van der Waals surface area (Å²) < 4.78 is 16.3. The van der Waals surface area contributed by atoms with Gasteiger partial charge in [-0.3, -0.25) is 4.90 Å². The van der Waals surface area contributed by atoms with E-state index in [0.29, 0.717) is 17.6 Å². The molecule has 0 N–H and O–H groups in total. The first kappa shape index (κ1) is 16.4. The molecule has 4 nitrogen and oxygen atoms in total. The molecule has 0 radical (unpaired) electrons. The van der Waals surface area contributed by atoms with Crippen LogP contribution >= 0.6 is 0 Å². The average Bonchev–Trinajstić information content (AvgIpc) is 3.34. The zero-order chi connectivity index (χ0) is 14.4. The summed E-state index contributed by atoms with van der Waals surface area (Å²) in [6.07, 6.45) is 5.95. The predicted octanol–water partition coefficient (Wildman–Crippen LogP) is 0.970. The predicted molar refractivity (Wildman–Crippen MR) is 84.1 cm³/mol. The van der Waals surface area contributed by atoms with Crippen molar-refractivity contribution in [3.8, 4) is 0 Å². The molecule has 0 bridgehead atoms. The zero-order valence-corrected chi connectivity index (χ0v) is 15.4. The lowest BCUT2D eigenvalue weighted by Crippen LogP contribution is -2.34. The maximum atomic E-state index is 5.58. The van der Waals surface area contributed by atoms with Gasteiger partial charge in [0.05, 0.1) is 25.4 Å². The van der Waals surface area contributed by atoms with Crippen LogP contribution in [0.25, 0.3) is 0 Å². The summed E-state index contributed by atoms with van der Waals surface area (Å²) in [6.45, 7) is 10.8. The largest absolute Gasteiger partial charge is 0.427 e. The fourth-order valence-corrected chi connectivity index (χ4v) is 3.66. The third-order valence-corrected chi connectivity index (χ3v) is 5.15. The van der Waals surface area contributed by atoms with Crippen molar-refractivity contribution in [2.75, 3.05) is 39.5 Å². The zero-order valence-electron chi connectivity index (χ0n) is 13.4. The molecule has 2 rings (SSSR count). The quantitative estimate of drug-likeness (QED) is 0.398. The van der Waals surface area contributed by atoms with E-state index in [1.807, 2.05) is 0 Å². The second kappa shape index (κ2) is 7.89. The van der Waals surface area contributed by atoms with E-state index in [1.54, 1.807) is 0 Å². The van der Waals surface area contributed by atoms with E-state index in [-0.39, 0.29) is 0 Å². The van der Waals surface area contributed by atoms with Crippen molar-refractivity contribution in [3.63, 3.8) is 0 Å². The molecule has 118 valence electrons. The lowest BCUT2D eigenvalue weighted by Gasteiger charge is -2.32. The lowest BCUT2D eigenvalue weighted by atomic mass is 9.79. The van der Waals surface area contributed by atoms with Crippen LogP contribution in [0.3, 0.4) is 0 Å². The second-order valence-electron chi connectivity index (χ2n) is 6.41. The van der Waals surface area contributed by atoms with Crippen LogP contribution in [0.2, 0.25) is 0 Å². The van der Waals surface area contributed by atoms with Gasteiger partial charge in [-0.05, 0) is 37.6 Å². The molecular formula is C15H31NO3Si. The molecule has 20 heavy (non-hydrogen) atoms. The summed E-state index contributed by atoms with van der Waals surface area (Å²) in [5.41, 5.74) is 0.402. The molecule has 2 unspecified atom stereocenters. The molecule has 2 fully saturated rings. The summed E-state index contributed by atoms with van der Waals surface area (Å²) in [5, 5.41) is 0. The number of hydrogen-bond donors (Lipinski definition) is 0. The average molecular weight is 302 g/mol. The van der Waals surface area contributed by atoms with Gasteiger partial charge < -0.3 is 13.9 Å². The SMILES string of the molecule is CCC(CC)(CCCN(CC1CO1)CC1CO1)CO[SiH3]. The Labute approximate surface area is 126 Å². The monoisotopic (exact) mass is 301 g/mol. The smallest absolute Gasteiger partial charge is 0.145 e. The maximum absolute atomic E-state index is 5.58. The Hall–Kier alpha value is 0.0569. The van der Waals surface area contributed by atoms with Crippen molar-refractivity contribution in [2.45, 2.75) is 51.7 Å². The minimum absolute atomic E-state index is 0.402. The highest BCUT2D eigenvalue weighted by Gasteiger charge is 2.31. The Morgan fingerprint density at radius 1 is 1.15 bits per heavy atom. The topological polar surface area (TPSA) is 37.5 Å². The van der Waals surface area contributed by atoms with Gasteiger partial charge in [-0.15, -0.1) is 0 Å². The summed E-state index contributed by atoms with van der Waals surface area (Å²) in [4.78, 5) is 2.53. The number of rotatable bonds is 12. The lowest BCUT2D eigenvalue weighted by molar-refractivity contribution is 0.118. The highest BCUT2D eigenvalue weighted by molar-refractivity contribution is 5.97. The normalized spacial score (nSPS) is 25.4. The number of epoxide rings is 2. The van der Waals surface area contributed by atoms with E-state index in [0.717, 1.165) is 43.4 Å². The van der Waals surface area contributed by atoms with Gasteiger partial charge >= 0.3 is 0 Å². The van der Waals surface area contributed by atoms with Crippen LogP contribution < -0.4 is 0 Å². The summed E-state index contributed by atoms with van der Waals surface area (Å²) in [7, 11) is 0.854. The molecule has 0 amide bonds. The summed E-state index contributed by atoms with van der Waals surface area (Å²) >= 11 is 0. The van der Waals surface area contributed by atoms with Crippen LogP contribution in [0.1, 0.15) is 39.5 Å². The Balaban J connectivity index is 1.71. The van der Waals surface area contributed by atoms with Crippen molar-refractivity contribution in [2.24, 2.45) is 5.41 Å². The van der Waals surface area contributed by atoms with Gasteiger partial charge in [0.25, 0.3) is 0 Å². The molecule has 0 saturated carbocycles. The van der Waals surface area contributed by atoms with Gasteiger partial charge in [0.1, 0.15) is 10.5 Å². The van der Waals surface area contributed by atoms with E-state index < -0.39 is 0 Å². The van der Waals surface area contributed by atoms with E-state index in [9.17, 15) is 0 Å². The molecule has 0 spiro atoms. The molecule has 2 aliphatic rings. The van der Waals surface area contributed by atoms with E-state index in [2.05, 4.69) is 18.7 Å². The summed E-state index contributed by atoms with van der Waals surface area (Å²) in [6, 6.07) is 0. The third kappa shape index (κ3) is 5.45. The van der Waals surface area contributed by atoms with Gasteiger partial charge in [-0.2, -0.15) is 0 Å². The van der Waals surface area contributed by atoms with E-state index >= 15 is 0 Å². The molecule has 0 aliphatic carbocycles. The third-order valence-electron chi connectivity index (χ3n) is 4.86. The number of hydrogen-bond acceptors (Lipinski definition) is 4. The molecular weight excluding hydrogens is 270 g/mol. The number of nitrogens with zero attached hydrogens (tertiary/aromatic N) is 1. The minimum Gasteiger partial charge on any atom is -0.427 e. The standard InChI is InChI=1S/C15H31NO3Si/c1-3-15(4-2,12-19-20)6-5-7-16(8-13-10-17-13)9-14-11-18-14/h13-14H,3-12H2,1-2,20H3. The Bertz CT molecular complexity index is 264. The molecule has 0 aromatic heterocycles. The fourth-order valence-electron chi connectivity index (χ4n) is 3.04. The van der Waals surface area contributed by atoms with Crippen molar-refractivity contribution >= 4 is 10.5 Å². The van der Waals surface area contributed by atoms with Crippen LogP contribution in [0.4, 0.5) is 0 Å². The molecule has 2 atom stereocenters. The van der Waals surface area contributed by atoms with Crippen LogP contribution in [0.5, 0.6) is 0 Å². The van der Waals surface area contributed by atoms with Crippen molar-refractivity contribution in [1.29, 1.82) is 0 Å². The Morgan fingerprint density at radius 3 is 2.10 bits per heavy atom. The first-order valence-corrected chi connectivity index (χ1v) is 8.97.